The standard InChI is InChI=1S/C20H13FN2O3/c21-15-9-10-17-14(11-22-16-7-3-4-8-18(16)26-17)19(15)12-5-1-2-6-13(12)20(24)23-25/h1-11,25H,(H,23,24). The topological polar surface area (TPSA) is 70.9 Å². The summed E-state index contributed by atoms with van der Waals surface area (Å²) < 4.78 is 20.7. The van der Waals surface area contributed by atoms with Crippen molar-refractivity contribution < 1.29 is 19.1 Å². The number of para-hydroxylation sites is 2. The van der Waals surface area contributed by atoms with Gasteiger partial charge in [0.2, 0.25) is 0 Å². The van der Waals surface area contributed by atoms with E-state index >= 15 is 0 Å². The van der Waals surface area contributed by atoms with Crippen LogP contribution in [0.15, 0.2) is 65.7 Å². The van der Waals surface area contributed by atoms with E-state index in [4.69, 9.17) is 9.94 Å². The number of carbonyl (C=O) groups excluding carboxylic acids is 1. The molecular weight excluding hydrogens is 335 g/mol. The highest BCUT2D eigenvalue weighted by molar-refractivity contribution is 6.04. The summed E-state index contributed by atoms with van der Waals surface area (Å²) in [5.41, 5.74) is 3.27. The summed E-state index contributed by atoms with van der Waals surface area (Å²) in [5.74, 6) is -0.272. The van der Waals surface area contributed by atoms with Crippen LogP contribution >= 0.6 is 0 Å². The largest absolute Gasteiger partial charge is 0.454 e. The molecule has 1 aliphatic rings. The van der Waals surface area contributed by atoms with Gasteiger partial charge in [-0.1, -0.05) is 30.3 Å². The number of halogens is 1. The third-order valence-electron chi connectivity index (χ3n) is 4.12. The van der Waals surface area contributed by atoms with Gasteiger partial charge < -0.3 is 4.74 Å². The van der Waals surface area contributed by atoms with Gasteiger partial charge in [-0.05, 0) is 35.9 Å². The minimum Gasteiger partial charge on any atom is -0.454 e. The molecule has 0 saturated carbocycles. The number of nitrogens with zero attached hydrogens (tertiary/aromatic N) is 1. The highest BCUT2D eigenvalue weighted by atomic mass is 19.1. The maximum Gasteiger partial charge on any atom is 0.275 e. The molecule has 128 valence electrons. The fraction of sp³-hybridized carbons (Fsp3) is 0. The summed E-state index contributed by atoms with van der Waals surface area (Å²) in [5, 5.41) is 8.99. The van der Waals surface area contributed by atoms with E-state index in [1.807, 2.05) is 12.1 Å². The number of rotatable bonds is 2. The molecule has 3 aromatic rings. The predicted molar refractivity (Wildman–Crippen MR) is 94.9 cm³/mol. The maximum absolute atomic E-state index is 14.8. The van der Waals surface area contributed by atoms with E-state index in [1.165, 1.54) is 24.4 Å². The molecular formula is C20H13FN2O3. The summed E-state index contributed by atoms with van der Waals surface area (Å²) in [6.07, 6.45) is 1.52. The Labute approximate surface area is 148 Å². The molecule has 0 aromatic heterocycles. The average molecular weight is 348 g/mol. The second-order valence-electron chi connectivity index (χ2n) is 5.65. The monoisotopic (exact) mass is 348 g/mol. The molecule has 26 heavy (non-hydrogen) atoms. The minimum atomic E-state index is -0.729. The predicted octanol–water partition coefficient (Wildman–Crippen LogP) is 4.47. The quantitative estimate of drug-likeness (QED) is 0.415. The maximum atomic E-state index is 14.8. The van der Waals surface area contributed by atoms with Crippen LogP contribution in [-0.4, -0.2) is 17.3 Å². The van der Waals surface area contributed by atoms with Gasteiger partial charge in [-0.15, -0.1) is 0 Å². The van der Waals surface area contributed by atoms with Crippen molar-refractivity contribution in [2.45, 2.75) is 0 Å². The number of aliphatic imine (C=N–C) groups is 1. The molecule has 2 N–H and O–H groups in total. The summed E-state index contributed by atoms with van der Waals surface area (Å²) in [7, 11) is 0. The van der Waals surface area contributed by atoms with Crippen LogP contribution in [0.25, 0.3) is 11.1 Å². The third-order valence-corrected chi connectivity index (χ3v) is 4.12. The van der Waals surface area contributed by atoms with Crippen LogP contribution < -0.4 is 10.2 Å². The van der Waals surface area contributed by atoms with Crippen LogP contribution in [-0.2, 0) is 0 Å². The Morgan fingerprint density at radius 3 is 2.62 bits per heavy atom. The number of hydrogen-bond donors (Lipinski definition) is 2. The molecule has 5 nitrogen and oxygen atoms in total. The van der Waals surface area contributed by atoms with Crippen molar-refractivity contribution in [3.63, 3.8) is 0 Å². The van der Waals surface area contributed by atoms with Gasteiger partial charge in [0, 0.05) is 22.9 Å². The molecule has 0 unspecified atom stereocenters. The summed E-state index contributed by atoms with van der Waals surface area (Å²) >= 11 is 0. The van der Waals surface area contributed by atoms with E-state index in [2.05, 4.69) is 4.99 Å². The van der Waals surface area contributed by atoms with E-state index in [-0.39, 0.29) is 11.1 Å². The van der Waals surface area contributed by atoms with Crippen LogP contribution in [0, 0.1) is 5.82 Å². The fourth-order valence-electron chi connectivity index (χ4n) is 2.93. The van der Waals surface area contributed by atoms with Gasteiger partial charge in [0.05, 0.1) is 0 Å². The van der Waals surface area contributed by atoms with Crippen molar-refractivity contribution in [2.24, 2.45) is 4.99 Å². The van der Waals surface area contributed by atoms with Crippen molar-refractivity contribution in [1.82, 2.24) is 5.48 Å². The van der Waals surface area contributed by atoms with Gasteiger partial charge in [0.15, 0.2) is 5.75 Å². The lowest BCUT2D eigenvalue weighted by molar-refractivity contribution is 0.0707. The van der Waals surface area contributed by atoms with Gasteiger partial charge in [0.1, 0.15) is 17.3 Å². The molecule has 0 spiro atoms. The number of nitrogens with one attached hydrogen (secondary N) is 1. The van der Waals surface area contributed by atoms with E-state index in [9.17, 15) is 9.18 Å². The van der Waals surface area contributed by atoms with Crippen molar-refractivity contribution in [3.05, 3.63) is 77.6 Å². The zero-order chi connectivity index (χ0) is 18.1. The van der Waals surface area contributed by atoms with Crippen LogP contribution in [0.3, 0.4) is 0 Å². The Kier molecular flexibility index (Phi) is 3.95. The fourth-order valence-corrected chi connectivity index (χ4v) is 2.93. The van der Waals surface area contributed by atoms with Crippen molar-refractivity contribution in [3.8, 4) is 22.6 Å². The number of fused-ring (bicyclic) bond motifs is 2. The number of hydroxylamine groups is 1. The van der Waals surface area contributed by atoms with Crippen molar-refractivity contribution in [1.29, 1.82) is 0 Å². The lowest BCUT2D eigenvalue weighted by Gasteiger charge is -2.14. The van der Waals surface area contributed by atoms with Crippen molar-refractivity contribution >= 4 is 17.8 Å². The van der Waals surface area contributed by atoms with E-state index in [1.54, 1.807) is 35.8 Å². The summed E-state index contributed by atoms with van der Waals surface area (Å²) in [6.45, 7) is 0. The lowest BCUT2D eigenvalue weighted by Crippen LogP contribution is -2.19. The molecule has 1 heterocycles. The Hall–Kier alpha value is -3.51. The van der Waals surface area contributed by atoms with Crippen LogP contribution in [0.5, 0.6) is 11.5 Å². The first-order valence-corrected chi connectivity index (χ1v) is 7.86. The molecule has 0 atom stereocenters. The molecule has 1 aliphatic heterocycles. The minimum absolute atomic E-state index is 0.137. The highest BCUT2D eigenvalue weighted by Crippen LogP contribution is 2.40. The zero-order valence-electron chi connectivity index (χ0n) is 13.4. The van der Waals surface area contributed by atoms with Gasteiger partial charge >= 0.3 is 0 Å². The lowest BCUT2D eigenvalue weighted by atomic mass is 9.94. The van der Waals surface area contributed by atoms with Crippen LogP contribution in [0.1, 0.15) is 15.9 Å². The Morgan fingerprint density at radius 2 is 1.77 bits per heavy atom. The SMILES string of the molecule is O=C(NO)c1ccccc1-c1c(F)ccc2c1C=Nc1ccccc1O2. The highest BCUT2D eigenvalue weighted by Gasteiger charge is 2.22. The Balaban J connectivity index is 1.96. The van der Waals surface area contributed by atoms with Crippen molar-refractivity contribution in [2.75, 3.05) is 0 Å². The van der Waals surface area contributed by atoms with Crippen LogP contribution in [0.4, 0.5) is 10.1 Å². The third kappa shape index (κ3) is 2.62. The van der Waals surface area contributed by atoms with Crippen LogP contribution in [0.2, 0.25) is 0 Å². The first-order valence-electron chi connectivity index (χ1n) is 7.86. The molecule has 4 rings (SSSR count). The number of hydrogen-bond acceptors (Lipinski definition) is 4. The van der Waals surface area contributed by atoms with E-state index in [0.29, 0.717) is 28.3 Å². The molecule has 6 heteroatoms. The molecule has 3 aromatic carbocycles. The normalized spacial score (nSPS) is 11.8. The summed E-state index contributed by atoms with van der Waals surface area (Å²) in [6, 6.07) is 16.5. The Bertz CT molecular complexity index is 1050. The van der Waals surface area contributed by atoms with Gasteiger partial charge in [-0.25, -0.2) is 9.87 Å². The number of carbonyl (C=O) groups is 1. The average Bonchev–Trinajstić information content (AvgIpc) is 2.87. The second-order valence-corrected chi connectivity index (χ2v) is 5.65. The smallest absolute Gasteiger partial charge is 0.275 e. The van der Waals surface area contributed by atoms with Gasteiger partial charge in [0.25, 0.3) is 5.91 Å². The molecule has 0 radical (unpaired) electrons. The first-order chi connectivity index (χ1) is 12.7. The number of benzene rings is 3. The zero-order valence-corrected chi connectivity index (χ0v) is 13.4. The van der Waals surface area contributed by atoms with E-state index < -0.39 is 11.7 Å². The van der Waals surface area contributed by atoms with Gasteiger partial charge in [-0.3, -0.25) is 15.0 Å². The molecule has 0 bridgehead atoms. The van der Waals surface area contributed by atoms with E-state index in [0.717, 1.165) is 0 Å². The summed E-state index contributed by atoms with van der Waals surface area (Å²) in [4.78, 5) is 16.4. The Morgan fingerprint density at radius 1 is 1.00 bits per heavy atom. The molecule has 1 amide bonds. The molecule has 0 fully saturated rings. The number of ether oxygens (including phenoxy) is 1. The second kappa shape index (κ2) is 6.42. The molecule has 0 saturated heterocycles. The number of amides is 1. The molecule has 0 aliphatic carbocycles. The first kappa shape index (κ1) is 16.0. The van der Waals surface area contributed by atoms with Gasteiger partial charge in [-0.2, -0.15) is 0 Å².